The molecule has 0 amide bonds. The lowest BCUT2D eigenvalue weighted by Gasteiger charge is -2.22. The molecule has 0 heterocycles. The molecule has 0 saturated heterocycles. The monoisotopic (exact) mass is 138 g/mol. The van der Waals surface area contributed by atoms with E-state index in [0.717, 1.165) is 17.3 Å². The summed E-state index contributed by atoms with van der Waals surface area (Å²) < 4.78 is 0. The van der Waals surface area contributed by atoms with Crippen molar-refractivity contribution in [3.63, 3.8) is 0 Å². The van der Waals surface area contributed by atoms with Crippen LogP contribution in [-0.4, -0.2) is 0 Å². The molecule has 2 saturated carbocycles. The molecule has 1 unspecified atom stereocenters. The number of hydrogen-bond donors (Lipinski definition) is 0. The lowest BCUT2D eigenvalue weighted by Crippen LogP contribution is -2.14. The van der Waals surface area contributed by atoms with Gasteiger partial charge >= 0.3 is 0 Å². The molecule has 2 atom stereocenters. The Morgan fingerprint density at radius 2 is 1.90 bits per heavy atom. The van der Waals surface area contributed by atoms with E-state index >= 15 is 0 Å². The molecule has 0 aromatic heterocycles. The Morgan fingerprint density at radius 1 is 1.20 bits per heavy atom. The Labute approximate surface area is 64.0 Å². The molecule has 0 N–H and O–H groups in total. The third-order valence-corrected chi connectivity index (χ3v) is 3.80. The summed E-state index contributed by atoms with van der Waals surface area (Å²) in [4.78, 5) is 0. The summed E-state index contributed by atoms with van der Waals surface area (Å²) in [5, 5.41) is 0. The summed E-state index contributed by atoms with van der Waals surface area (Å²) in [6, 6.07) is 0. The summed E-state index contributed by atoms with van der Waals surface area (Å²) in [7, 11) is 0. The Hall–Kier alpha value is 0. The van der Waals surface area contributed by atoms with Gasteiger partial charge in [0.2, 0.25) is 0 Å². The summed E-state index contributed by atoms with van der Waals surface area (Å²) in [6.07, 6.45) is 7.56. The summed E-state index contributed by atoms with van der Waals surface area (Å²) in [6.45, 7) is 4.93. The Kier molecular flexibility index (Phi) is 1.33. The van der Waals surface area contributed by atoms with E-state index in [4.69, 9.17) is 0 Å². The minimum absolute atomic E-state index is 0.802. The van der Waals surface area contributed by atoms with Crippen molar-refractivity contribution in [2.24, 2.45) is 17.3 Å². The molecule has 0 nitrogen and oxygen atoms in total. The van der Waals surface area contributed by atoms with Crippen LogP contribution in [0.15, 0.2) is 0 Å². The van der Waals surface area contributed by atoms with Gasteiger partial charge < -0.3 is 0 Å². The normalized spacial score (nSPS) is 43.8. The fraction of sp³-hybridized carbons (Fsp3) is 1.00. The second kappa shape index (κ2) is 1.99. The van der Waals surface area contributed by atoms with Crippen LogP contribution in [0.5, 0.6) is 0 Å². The summed E-state index contributed by atoms with van der Waals surface area (Å²) in [5.41, 5.74) is 0.802. The van der Waals surface area contributed by atoms with Gasteiger partial charge in [0.1, 0.15) is 0 Å². The van der Waals surface area contributed by atoms with Crippen LogP contribution < -0.4 is 0 Å². The predicted octanol–water partition coefficient (Wildman–Crippen LogP) is 3.22. The third kappa shape index (κ3) is 0.889. The fourth-order valence-corrected chi connectivity index (χ4v) is 2.75. The maximum Gasteiger partial charge on any atom is -0.0295 e. The standard InChI is InChI=1S/C10H18/c1-8-4-3-5-9(8)10(2)6-7-10/h8-9H,3-7H2,1-2H3/t8-,9?/m1/s1. The maximum absolute atomic E-state index is 2.49. The van der Waals surface area contributed by atoms with Crippen molar-refractivity contribution >= 4 is 0 Å². The van der Waals surface area contributed by atoms with E-state index in [1.165, 1.54) is 32.1 Å². The Bertz CT molecular complexity index is 133. The van der Waals surface area contributed by atoms with Crippen molar-refractivity contribution in [3.05, 3.63) is 0 Å². The average molecular weight is 138 g/mol. The van der Waals surface area contributed by atoms with Crippen molar-refractivity contribution in [1.82, 2.24) is 0 Å². The minimum atomic E-state index is 0.802. The van der Waals surface area contributed by atoms with Crippen LogP contribution in [0.25, 0.3) is 0 Å². The quantitative estimate of drug-likeness (QED) is 0.522. The van der Waals surface area contributed by atoms with Crippen LogP contribution in [0.2, 0.25) is 0 Å². The minimum Gasteiger partial charge on any atom is -0.0622 e. The van der Waals surface area contributed by atoms with Crippen molar-refractivity contribution < 1.29 is 0 Å². The molecule has 2 fully saturated rings. The first kappa shape index (κ1) is 6.69. The van der Waals surface area contributed by atoms with Gasteiger partial charge in [0, 0.05) is 0 Å². The molecule has 10 heavy (non-hydrogen) atoms. The molecule has 2 rings (SSSR count). The van der Waals surface area contributed by atoms with Gasteiger partial charge in [0.05, 0.1) is 0 Å². The van der Waals surface area contributed by atoms with E-state index in [9.17, 15) is 0 Å². The SMILES string of the molecule is C[C@@H]1CCCC1C1(C)CC1. The van der Waals surface area contributed by atoms with Gasteiger partial charge in [-0.2, -0.15) is 0 Å². The molecule has 0 spiro atoms. The van der Waals surface area contributed by atoms with Crippen LogP contribution in [0.1, 0.15) is 46.0 Å². The van der Waals surface area contributed by atoms with Crippen molar-refractivity contribution in [2.75, 3.05) is 0 Å². The number of hydrogen-bond acceptors (Lipinski definition) is 0. The molecule has 0 bridgehead atoms. The zero-order chi connectivity index (χ0) is 7.19. The van der Waals surface area contributed by atoms with Crippen molar-refractivity contribution in [2.45, 2.75) is 46.0 Å². The molecule has 0 heteroatoms. The summed E-state index contributed by atoms with van der Waals surface area (Å²) in [5.74, 6) is 2.12. The van der Waals surface area contributed by atoms with E-state index < -0.39 is 0 Å². The highest BCUT2D eigenvalue weighted by atomic mass is 14.5. The zero-order valence-electron chi connectivity index (χ0n) is 7.19. The maximum atomic E-state index is 2.49. The molecule has 2 aliphatic rings. The lowest BCUT2D eigenvalue weighted by molar-refractivity contribution is 0.273. The van der Waals surface area contributed by atoms with Gasteiger partial charge in [-0.3, -0.25) is 0 Å². The predicted molar refractivity (Wildman–Crippen MR) is 43.8 cm³/mol. The van der Waals surface area contributed by atoms with Crippen LogP contribution in [0.3, 0.4) is 0 Å². The van der Waals surface area contributed by atoms with Crippen LogP contribution in [0.4, 0.5) is 0 Å². The van der Waals surface area contributed by atoms with Gasteiger partial charge in [0.15, 0.2) is 0 Å². The van der Waals surface area contributed by atoms with Gasteiger partial charge in [-0.05, 0) is 36.5 Å². The van der Waals surface area contributed by atoms with Crippen LogP contribution in [-0.2, 0) is 0 Å². The second-order valence-electron chi connectivity index (χ2n) is 4.67. The van der Waals surface area contributed by atoms with Gasteiger partial charge in [-0.25, -0.2) is 0 Å². The number of rotatable bonds is 1. The Balaban J connectivity index is 2.03. The van der Waals surface area contributed by atoms with Gasteiger partial charge in [-0.15, -0.1) is 0 Å². The van der Waals surface area contributed by atoms with Crippen molar-refractivity contribution in [1.29, 1.82) is 0 Å². The van der Waals surface area contributed by atoms with E-state index in [1.54, 1.807) is 0 Å². The largest absolute Gasteiger partial charge is 0.0622 e. The topological polar surface area (TPSA) is 0 Å². The fourth-order valence-electron chi connectivity index (χ4n) is 2.75. The molecule has 2 aliphatic carbocycles. The van der Waals surface area contributed by atoms with E-state index in [1.807, 2.05) is 0 Å². The molecule has 0 aliphatic heterocycles. The smallest absolute Gasteiger partial charge is 0.0295 e. The Morgan fingerprint density at radius 3 is 2.30 bits per heavy atom. The first-order valence-electron chi connectivity index (χ1n) is 4.72. The first-order valence-corrected chi connectivity index (χ1v) is 4.72. The highest BCUT2D eigenvalue weighted by Gasteiger charge is 2.47. The highest BCUT2D eigenvalue weighted by molar-refractivity contribution is 4.98. The molecule has 0 aromatic rings. The third-order valence-electron chi connectivity index (χ3n) is 3.80. The highest BCUT2D eigenvalue weighted by Crippen LogP contribution is 2.58. The lowest BCUT2D eigenvalue weighted by atomic mass is 9.83. The first-order chi connectivity index (χ1) is 4.72. The average Bonchev–Trinajstić information content (AvgIpc) is 2.44. The van der Waals surface area contributed by atoms with Crippen LogP contribution in [0, 0.1) is 17.3 Å². The molecule has 58 valence electrons. The van der Waals surface area contributed by atoms with Crippen molar-refractivity contribution in [3.8, 4) is 0 Å². The van der Waals surface area contributed by atoms with Gasteiger partial charge in [0.25, 0.3) is 0 Å². The van der Waals surface area contributed by atoms with E-state index in [0.29, 0.717) is 0 Å². The van der Waals surface area contributed by atoms with E-state index in [-0.39, 0.29) is 0 Å². The molecular weight excluding hydrogens is 120 g/mol. The molecule has 0 radical (unpaired) electrons. The van der Waals surface area contributed by atoms with Gasteiger partial charge in [-0.1, -0.05) is 26.7 Å². The molecule has 0 aromatic carbocycles. The zero-order valence-corrected chi connectivity index (χ0v) is 7.19. The molecular formula is C10H18. The van der Waals surface area contributed by atoms with E-state index in [2.05, 4.69) is 13.8 Å². The summed E-state index contributed by atoms with van der Waals surface area (Å²) >= 11 is 0. The van der Waals surface area contributed by atoms with Crippen LogP contribution >= 0.6 is 0 Å². The second-order valence-corrected chi connectivity index (χ2v) is 4.67.